The highest BCUT2D eigenvalue weighted by atomic mass is 35.5. The molecule has 2 fully saturated rings. The van der Waals surface area contributed by atoms with Crippen molar-refractivity contribution in [3.05, 3.63) is 33.8 Å². The van der Waals surface area contributed by atoms with Gasteiger partial charge in [-0.05, 0) is 18.9 Å². The lowest BCUT2D eigenvalue weighted by molar-refractivity contribution is -0.128. The Bertz CT molecular complexity index is 476. The molecule has 1 atom stereocenters. The highest BCUT2D eigenvalue weighted by Crippen LogP contribution is 2.47. The van der Waals surface area contributed by atoms with E-state index < -0.39 is 0 Å². The molecule has 2 nitrogen and oxygen atoms in total. The van der Waals surface area contributed by atoms with Crippen LogP contribution in [-0.4, -0.2) is 22.6 Å². The second kappa shape index (κ2) is 4.38. The summed E-state index contributed by atoms with van der Waals surface area (Å²) in [4.78, 5) is 13.8. The Hall–Kier alpha value is -0.380. The Morgan fingerprint density at radius 3 is 2.76 bits per heavy atom. The Kier molecular flexibility index (Phi) is 3.01. The molecule has 0 radical (unpaired) electrons. The summed E-state index contributed by atoms with van der Waals surface area (Å²) >= 11 is 13.9. The van der Waals surface area contributed by atoms with Gasteiger partial charge in [0, 0.05) is 11.6 Å². The van der Waals surface area contributed by atoms with Gasteiger partial charge in [0.25, 0.3) is 0 Å². The molecule has 1 saturated heterocycles. The number of benzene rings is 1. The van der Waals surface area contributed by atoms with Crippen LogP contribution in [0, 0.1) is 0 Å². The molecule has 5 heteroatoms. The largest absolute Gasteiger partial charge is 0.323 e. The van der Waals surface area contributed by atoms with Gasteiger partial charge in [-0.2, -0.15) is 0 Å². The zero-order chi connectivity index (χ0) is 12.0. The third-order valence-corrected chi connectivity index (χ3v) is 5.14. The Morgan fingerprint density at radius 2 is 2.06 bits per heavy atom. The number of carbonyl (C=O) groups is 1. The van der Waals surface area contributed by atoms with Crippen LogP contribution in [0.25, 0.3) is 0 Å². The topological polar surface area (TPSA) is 20.3 Å². The third-order valence-electron chi connectivity index (χ3n) is 3.09. The molecule has 2 aliphatic rings. The van der Waals surface area contributed by atoms with Gasteiger partial charge < -0.3 is 4.90 Å². The molecule has 0 N–H and O–H groups in total. The van der Waals surface area contributed by atoms with E-state index in [1.165, 1.54) is 0 Å². The Labute approximate surface area is 114 Å². The second-order valence-corrected chi connectivity index (χ2v) is 6.19. The summed E-state index contributed by atoms with van der Waals surface area (Å²) < 4.78 is 0. The maximum absolute atomic E-state index is 11.9. The minimum Gasteiger partial charge on any atom is -0.323 e. The Morgan fingerprint density at radius 1 is 1.29 bits per heavy atom. The van der Waals surface area contributed by atoms with Gasteiger partial charge in [0.05, 0.1) is 15.8 Å². The minimum absolute atomic E-state index is 0.0428. The summed E-state index contributed by atoms with van der Waals surface area (Å²) in [7, 11) is 0. The quantitative estimate of drug-likeness (QED) is 0.826. The van der Waals surface area contributed by atoms with Crippen LogP contribution < -0.4 is 0 Å². The fourth-order valence-corrected chi connectivity index (χ4v) is 3.89. The van der Waals surface area contributed by atoms with E-state index >= 15 is 0 Å². The van der Waals surface area contributed by atoms with E-state index in [0.29, 0.717) is 21.8 Å². The summed E-state index contributed by atoms with van der Waals surface area (Å²) in [5, 5.41) is 1.17. The SMILES string of the molecule is O=C1CSC(c2cccc(Cl)c2Cl)N1C1CC1. The zero-order valence-corrected chi connectivity index (χ0v) is 11.4. The van der Waals surface area contributed by atoms with E-state index in [-0.39, 0.29) is 11.3 Å². The van der Waals surface area contributed by atoms with Crippen LogP contribution in [0.2, 0.25) is 10.0 Å². The van der Waals surface area contributed by atoms with Crippen LogP contribution in [0.5, 0.6) is 0 Å². The van der Waals surface area contributed by atoms with Crippen LogP contribution in [0.3, 0.4) is 0 Å². The predicted octanol–water partition coefficient (Wildman–Crippen LogP) is 3.73. The summed E-state index contributed by atoms with van der Waals surface area (Å²) in [6, 6.07) is 6.03. The monoisotopic (exact) mass is 287 g/mol. The maximum atomic E-state index is 11.9. The molecule has 90 valence electrons. The van der Waals surface area contributed by atoms with Gasteiger partial charge in [-0.25, -0.2) is 0 Å². The second-order valence-electron chi connectivity index (χ2n) is 4.34. The van der Waals surface area contributed by atoms with Crippen molar-refractivity contribution in [3.63, 3.8) is 0 Å². The van der Waals surface area contributed by atoms with E-state index in [1.54, 1.807) is 17.8 Å². The van der Waals surface area contributed by atoms with Gasteiger partial charge in [-0.1, -0.05) is 35.3 Å². The van der Waals surface area contributed by atoms with Crippen molar-refractivity contribution in [2.75, 3.05) is 5.75 Å². The van der Waals surface area contributed by atoms with E-state index in [0.717, 1.165) is 18.4 Å². The lowest BCUT2D eigenvalue weighted by atomic mass is 10.2. The number of thioether (sulfide) groups is 1. The molecule has 1 aliphatic heterocycles. The average molecular weight is 288 g/mol. The lowest BCUT2D eigenvalue weighted by Crippen LogP contribution is -2.30. The van der Waals surface area contributed by atoms with Crippen LogP contribution in [-0.2, 0) is 4.79 Å². The van der Waals surface area contributed by atoms with E-state index in [9.17, 15) is 4.79 Å². The number of hydrogen-bond acceptors (Lipinski definition) is 2. The fraction of sp³-hybridized carbons (Fsp3) is 0.417. The van der Waals surface area contributed by atoms with E-state index in [1.807, 2.05) is 17.0 Å². The summed E-state index contributed by atoms with van der Waals surface area (Å²) in [5.74, 6) is 0.767. The number of rotatable bonds is 2. The molecule has 1 aromatic carbocycles. The van der Waals surface area contributed by atoms with Crippen molar-refractivity contribution in [2.45, 2.75) is 24.3 Å². The highest BCUT2D eigenvalue weighted by Gasteiger charge is 2.43. The molecular weight excluding hydrogens is 277 g/mol. The fourth-order valence-electron chi connectivity index (χ4n) is 2.13. The molecule has 3 rings (SSSR count). The summed E-state index contributed by atoms with van der Waals surface area (Å²) in [6.07, 6.45) is 2.22. The first-order valence-corrected chi connectivity index (χ1v) is 7.35. The van der Waals surface area contributed by atoms with Gasteiger partial charge in [0.15, 0.2) is 0 Å². The molecule has 1 amide bonds. The standard InChI is InChI=1S/C12H11Cl2NOS/c13-9-3-1-2-8(11(9)14)12-15(7-4-5-7)10(16)6-17-12/h1-3,7,12H,4-6H2. The molecule has 0 aromatic heterocycles. The first-order valence-electron chi connectivity index (χ1n) is 5.55. The van der Waals surface area contributed by atoms with Gasteiger partial charge in [-0.3, -0.25) is 4.79 Å². The van der Waals surface area contributed by atoms with Gasteiger partial charge >= 0.3 is 0 Å². The third kappa shape index (κ3) is 2.05. The molecule has 1 saturated carbocycles. The maximum Gasteiger partial charge on any atom is 0.234 e. The van der Waals surface area contributed by atoms with Crippen molar-refractivity contribution >= 4 is 40.9 Å². The molecule has 1 aliphatic carbocycles. The minimum atomic E-state index is 0.0428. The Balaban J connectivity index is 1.97. The van der Waals surface area contributed by atoms with Crippen molar-refractivity contribution < 1.29 is 4.79 Å². The van der Waals surface area contributed by atoms with Crippen molar-refractivity contribution in [1.29, 1.82) is 0 Å². The molecular formula is C12H11Cl2NOS. The first-order chi connectivity index (χ1) is 8.18. The lowest BCUT2D eigenvalue weighted by Gasteiger charge is -2.24. The zero-order valence-electron chi connectivity index (χ0n) is 9.03. The normalized spacial score (nSPS) is 24.5. The van der Waals surface area contributed by atoms with Gasteiger partial charge in [-0.15, -0.1) is 11.8 Å². The van der Waals surface area contributed by atoms with Gasteiger partial charge in [0.1, 0.15) is 5.37 Å². The number of halogens is 2. The van der Waals surface area contributed by atoms with Crippen LogP contribution in [0.4, 0.5) is 0 Å². The van der Waals surface area contributed by atoms with E-state index in [2.05, 4.69) is 0 Å². The van der Waals surface area contributed by atoms with Gasteiger partial charge in [0.2, 0.25) is 5.91 Å². The van der Waals surface area contributed by atoms with E-state index in [4.69, 9.17) is 23.2 Å². The smallest absolute Gasteiger partial charge is 0.234 e. The first kappa shape index (κ1) is 11.7. The summed E-state index contributed by atoms with van der Waals surface area (Å²) in [5.41, 5.74) is 0.960. The molecule has 0 bridgehead atoms. The number of nitrogens with zero attached hydrogens (tertiary/aromatic N) is 1. The molecule has 1 aromatic rings. The van der Waals surface area contributed by atoms with Crippen molar-refractivity contribution in [2.24, 2.45) is 0 Å². The number of carbonyl (C=O) groups excluding carboxylic acids is 1. The molecule has 1 heterocycles. The van der Waals surface area contributed by atoms with Crippen LogP contribution >= 0.6 is 35.0 Å². The predicted molar refractivity (Wildman–Crippen MR) is 71.5 cm³/mol. The van der Waals surface area contributed by atoms with Crippen molar-refractivity contribution in [1.82, 2.24) is 4.90 Å². The molecule has 17 heavy (non-hydrogen) atoms. The molecule has 1 unspecified atom stereocenters. The highest BCUT2D eigenvalue weighted by molar-refractivity contribution is 8.00. The average Bonchev–Trinajstić information content (AvgIpc) is 3.07. The number of amides is 1. The number of hydrogen-bond donors (Lipinski definition) is 0. The van der Waals surface area contributed by atoms with Crippen LogP contribution in [0.1, 0.15) is 23.8 Å². The summed E-state index contributed by atoms with van der Waals surface area (Å²) in [6.45, 7) is 0. The van der Waals surface area contributed by atoms with Crippen LogP contribution in [0.15, 0.2) is 18.2 Å². The van der Waals surface area contributed by atoms with Crippen molar-refractivity contribution in [3.8, 4) is 0 Å². The molecule has 0 spiro atoms.